The molecule has 34 heavy (non-hydrogen) atoms. The van der Waals surface area contributed by atoms with Crippen LogP contribution in [0, 0.1) is 37.3 Å². The SMILES string of the molecule is Cc1cccc(-c2sc(C)nc2C(=O)N2C[C@@H]3CC3[C@H]2CNC(=O)c2cc(F)c(F)cc2Cl)c1. The number of aryl methyl sites for hydroxylation is 2. The Labute approximate surface area is 204 Å². The zero-order valence-corrected chi connectivity index (χ0v) is 20.1. The minimum absolute atomic E-state index is 0.138. The minimum Gasteiger partial charge on any atom is -0.350 e. The summed E-state index contributed by atoms with van der Waals surface area (Å²) in [5.74, 6) is -2.31. The fraction of sp³-hybridized carbons (Fsp3) is 0.320. The van der Waals surface area contributed by atoms with E-state index < -0.39 is 17.5 Å². The molecule has 3 aromatic rings. The van der Waals surface area contributed by atoms with Gasteiger partial charge in [-0.25, -0.2) is 13.8 Å². The second kappa shape index (κ2) is 8.74. The Kier molecular flexibility index (Phi) is 5.90. The van der Waals surface area contributed by atoms with Crippen LogP contribution in [0.5, 0.6) is 0 Å². The molecule has 1 aliphatic carbocycles. The Morgan fingerprint density at radius 1 is 1.21 bits per heavy atom. The van der Waals surface area contributed by atoms with E-state index in [1.54, 1.807) is 4.90 Å². The van der Waals surface area contributed by atoms with Crippen LogP contribution in [0.3, 0.4) is 0 Å². The van der Waals surface area contributed by atoms with Crippen molar-refractivity contribution < 1.29 is 18.4 Å². The number of nitrogens with one attached hydrogen (secondary N) is 1. The van der Waals surface area contributed by atoms with Gasteiger partial charge in [-0.3, -0.25) is 9.59 Å². The quantitative estimate of drug-likeness (QED) is 0.486. The van der Waals surface area contributed by atoms with Crippen LogP contribution >= 0.6 is 22.9 Å². The molecule has 2 fully saturated rings. The Morgan fingerprint density at radius 3 is 2.74 bits per heavy atom. The third-order valence-corrected chi connectivity index (χ3v) is 7.84. The van der Waals surface area contributed by atoms with Crippen LogP contribution in [-0.4, -0.2) is 40.8 Å². The van der Waals surface area contributed by atoms with Gasteiger partial charge < -0.3 is 10.2 Å². The van der Waals surface area contributed by atoms with Gasteiger partial charge in [0.15, 0.2) is 11.6 Å². The fourth-order valence-electron chi connectivity index (χ4n) is 4.75. The molecule has 5 rings (SSSR count). The third-order valence-electron chi connectivity index (χ3n) is 6.51. The first-order valence-electron chi connectivity index (χ1n) is 11.0. The van der Waals surface area contributed by atoms with E-state index in [2.05, 4.69) is 10.3 Å². The minimum atomic E-state index is -1.14. The highest BCUT2D eigenvalue weighted by Crippen LogP contribution is 2.50. The van der Waals surface area contributed by atoms with E-state index in [4.69, 9.17) is 11.6 Å². The lowest BCUT2D eigenvalue weighted by molar-refractivity contribution is 0.0690. The van der Waals surface area contributed by atoms with Crippen molar-refractivity contribution in [3.63, 3.8) is 0 Å². The zero-order chi connectivity index (χ0) is 24.1. The predicted octanol–water partition coefficient (Wildman–Crippen LogP) is 5.25. The van der Waals surface area contributed by atoms with Crippen LogP contribution in [0.15, 0.2) is 36.4 Å². The average Bonchev–Trinajstić information content (AvgIpc) is 3.31. The van der Waals surface area contributed by atoms with Gasteiger partial charge >= 0.3 is 0 Å². The molecule has 2 heterocycles. The number of benzene rings is 2. The smallest absolute Gasteiger partial charge is 0.274 e. The van der Waals surface area contributed by atoms with Crippen molar-refractivity contribution in [3.05, 3.63) is 74.9 Å². The number of hydrogen-bond donors (Lipinski definition) is 1. The summed E-state index contributed by atoms with van der Waals surface area (Å²) >= 11 is 7.42. The fourth-order valence-corrected chi connectivity index (χ4v) is 5.89. The first kappa shape index (κ1) is 22.9. The average molecular weight is 502 g/mol. The first-order chi connectivity index (χ1) is 16.2. The topological polar surface area (TPSA) is 62.3 Å². The molecule has 3 atom stereocenters. The molecular weight excluding hydrogens is 480 g/mol. The van der Waals surface area contributed by atoms with Gasteiger partial charge in [-0.2, -0.15) is 0 Å². The molecule has 2 aromatic carbocycles. The molecule has 5 nitrogen and oxygen atoms in total. The third kappa shape index (κ3) is 4.20. The number of piperidine rings is 1. The van der Waals surface area contributed by atoms with Crippen LogP contribution in [0.4, 0.5) is 8.78 Å². The van der Waals surface area contributed by atoms with Gasteiger partial charge in [0.1, 0.15) is 5.69 Å². The van der Waals surface area contributed by atoms with Gasteiger partial charge in [0.2, 0.25) is 0 Å². The first-order valence-corrected chi connectivity index (χ1v) is 12.2. The molecule has 0 spiro atoms. The van der Waals surface area contributed by atoms with Crippen molar-refractivity contribution in [3.8, 4) is 10.4 Å². The van der Waals surface area contributed by atoms with Crippen LogP contribution in [0.1, 0.15) is 37.8 Å². The van der Waals surface area contributed by atoms with Crippen LogP contribution < -0.4 is 5.32 Å². The summed E-state index contributed by atoms with van der Waals surface area (Å²) in [6.07, 6.45) is 0.997. The Bertz CT molecular complexity index is 1310. The number of carbonyl (C=O) groups excluding carboxylic acids is 2. The number of amides is 2. The second-order valence-electron chi connectivity index (χ2n) is 8.92. The van der Waals surface area contributed by atoms with Gasteiger partial charge in [-0.05, 0) is 49.8 Å². The summed E-state index contributed by atoms with van der Waals surface area (Å²) in [6.45, 7) is 4.69. The molecule has 1 N–H and O–H groups in total. The highest BCUT2D eigenvalue weighted by Gasteiger charge is 2.54. The van der Waals surface area contributed by atoms with Gasteiger partial charge in [-0.15, -0.1) is 11.3 Å². The number of nitrogens with zero attached hydrogens (tertiary/aromatic N) is 2. The summed E-state index contributed by atoms with van der Waals surface area (Å²) in [6, 6.07) is 9.35. The molecule has 1 saturated carbocycles. The van der Waals surface area contributed by atoms with Crippen LogP contribution in [0.2, 0.25) is 5.02 Å². The highest BCUT2D eigenvalue weighted by atomic mass is 35.5. The molecule has 1 aliphatic heterocycles. The lowest BCUT2D eigenvalue weighted by Crippen LogP contribution is -2.45. The summed E-state index contributed by atoms with van der Waals surface area (Å²) in [4.78, 5) is 33.4. The van der Waals surface area contributed by atoms with Crippen molar-refractivity contribution in [1.82, 2.24) is 15.2 Å². The number of rotatable bonds is 5. The molecule has 1 saturated heterocycles. The van der Waals surface area contributed by atoms with Crippen LogP contribution in [0.25, 0.3) is 10.4 Å². The number of carbonyl (C=O) groups is 2. The van der Waals surface area contributed by atoms with Crippen molar-refractivity contribution in [2.75, 3.05) is 13.1 Å². The zero-order valence-electron chi connectivity index (χ0n) is 18.6. The molecule has 2 aliphatic rings. The predicted molar refractivity (Wildman–Crippen MR) is 127 cm³/mol. The van der Waals surface area contributed by atoms with Gasteiger partial charge in [0.25, 0.3) is 11.8 Å². The number of halogens is 3. The molecule has 1 unspecified atom stereocenters. The number of likely N-dealkylation sites (tertiary alicyclic amines) is 1. The van der Waals surface area contributed by atoms with E-state index >= 15 is 0 Å². The van der Waals surface area contributed by atoms with Gasteiger partial charge in [-0.1, -0.05) is 41.4 Å². The Balaban J connectivity index is 1.36. The summed E-state index contributed by atoms with van der Waals surface area (Å²) in [5, 5.41) is 3.40. The van der Waals surface area contributed by atoms with Crippen LogP contribution in [-0.2, 0) is 0 Å². The Morgan fingerprint density at radius 2 is 1.97 bits per heavy atom. The van der Waals surface area contributed by atoms with Crippen molar-refractivity contribution >= 4 is 34.8 Å². The summed E-state index contributed by atoms with van der Waals surface area (Å²) in [7, 11) is 0. The summed E-state index contributed by atoms with van der Waals surface area (Å²) in [5.41, 5.74) is 2.34. The number of fused-ring (bicyclic) bond motifs is 1. The standard InChI is InChI=1S/C25H22ClF2N3O2S/c1-12-4-3-5-14(6-12)23-22(30-13(2)34-23)25(33)31-11-15-7-16(15)21(31)10-29-24(32)17-8-19(27)20(28)9-18(17)26/h3-6,8-9,15-16,21H,7,10-11H2,1-2H3,(H,29,32)/t15-,16?,21+/m0/s1. The molecule has 2 amide bonds. The van der Waals surface area contributed by atoms with E-state index in [0.717, 1.165) is 39.6 Å². The van der Waals surface area contributed by atoms with Crippen molar-refractivity contribution in [2.24, 2.45) is 11.8 Å². The Hall–Kier alpha value is -2.84. The van der Waals surface area contributed by atoms with E-state index in [-0.39, 0.29) is 29.1 Å². The monoisotopic (exact) mass is 501 g/mol. The number of aromatic nitrogens is 1. The lowest BCUT2D eigenvalue weighted by Gasteiger charge is -2.27. The van der Waals surface area contributed by atoms with E-state index in [1.165, 1.54) is 11.3 Å². The molecule has 0 radical (unpaired) electrons. The maximum Gasteiger partial charge on any atom is 0.274 e. The molecule has 0 bridgehead atoms. The highest BCUT2D eigenvalue weighted by molar-refractivity contribution is 7.15. The van der Waals surface area contributed by atoms with E-state index in [1.807, 2.05) is 38.1 Å². The van der Waals surface area contributed by atoms with Gasteiger partial charge in [0, 0.05) is 13.1 Å². The number of hydrogen-bond acceptors (Lipinski definition) is 4. The largest absolute Gasteiger partial charge is 0.350 e. The summed E-state index contributed by atoms with van der Waals surface area (Å²) < 4.78 is 27.0. The second-order valence-corrected chi connectivity index (χ2v) is 10.5. The van der Waals surface area contributed by atoms with E-state index in [9.17, 15) is 18.4 Å². The lowest BCUT2D eigenvalue weighted by atomic mass is 10.1. The molecule has 176 valence electrons. The molecular formula is C25H22ClF2N3O2S. The number of thiazole rings is 1. The maximum atomic E-state index is 13.6. The molecule has 9 heteroatoms. The normalized spacial score (nSPS) is 20.9. The van der Waals surface area contributed by atoms with Crippen molar-refractivity contribution in [2.45, 2.75) is 26.3 Å². The maximum absolute atomic E-state index is 13.6. The van der Waals surface area contributed by atoms with Gasteiger partial charge in [0.05, 0.1) is 26.5 Å². The molecule has 1 aromatic heterocycles. The van der Waals surface area contributed by atoms with E-state index in [0.29, 0.717) is 24.1 Å². The van der Waals surface area contributed by atoms with Crippen molar-refractivity contribution in [1.29, 1.82) is 0 Å².